The van der Waals surface area contributed by atoms with E-state index < -0.39 is 16.0 Å². The summed E-state index contributed by atoms with van der Waals surface area (Å²) in [6.07, 6.45) is 1.43. The zero-order valence-corrected chi connectivity index (χ0v) is 14.4. The molecule has 5 nitrogen and oxygen atoms in total. The second-order valence-corrected chi connectivity index (χ2v) is 7.57. The highest BCUT2D eigenvalue weighted by Crippen LogP contribution is 2.21. The Bertz CT molecular complexity index is 580. The highest BCUT2D eigenvalue weighted by atomic mass is 127. The summed E-state index contributed by atoms with van der Waals surface area (Å²) in [6, 6.07) is 4.17. The minimum atomic E-state index is -3.64. The average molecular weight is 411 g/mol. The number of aromatic carboxylic acids is 1. The fourth-order valence-corrected chi connectivity index (χ4v) is 4.41. The van der Waals surface area contributed by atoms with Crippen molar-refractivity contribution in [1.29, 1.82) is 0 Å². The molecule has 1 aromatic rings. The van der Waals surface area contributed by atoms with Gasteiger partial charge in [0.25, 0.3) is 0 Å². The lowest BCUT2D eigenvalue weighted by Gasteiger charge is -2.21. The molecule has 1 aromatic carbocycles. The van der Waals surface area contributed by atoms with Crippen molar-refractivity contribution in [2.75, 3.05) is 13.1 Å². The molecule has 0 aliphatic rings. The topological polar surface area (TPSA) is 74.7 Å². The third-order valence-corrected chi connectivity index (χ3v) is 5.20. The van der Waals surface area contributed by atoms with Crippen LogP contribution in [0.1, 0.15) is 37.0 Å². The van der Waals surface area contributed by atoms with Gasteiger partial charge in [-0.25, -0.2) is 13.2 Å². The molecule has 7 heteroatoms. The van der Waals surface area contributed by atoms with Crippen LogP contribution in [-0.4, -0.2) is 36.9 Å². The van der Waals surface area contributed by atoms with Gasteiger partial charge in [-0.2, -0.15) is 4.31 Å². The minimum Gasteiger partial charge on any atom is -0.478 e. The number of benzene rings is 1. The summed E-state index contributed by atoms with van der Waals surface area (Å²) in [5.41, 5.74) is -0.0107. The standard InChI is InChI=1S/C13H18INO4S/c1-3-5-15(6-4-2)20(18,19)12-8-10(13(16)17)7-11(14)9-12/h7-9H,3-6H2,1-2H3,(H,16,17). The molecule has 0 heterocycles. The molecule has 0 fully saturated rings. The molecule has 0 amide bonds. The second kappa shape index (κ2) is 7.37. The Kier molecular flexibility index (Phi) is 6.41. The van der Waals surface area contributed by atoms with Crippen LogP contribution in [0.5, 0.6) is 0 Å². The largest absolute Gasteiger partial charge is 0.478 e. The first-order valence-electron chi connectivity index (χ1n) is 6.37. The van der Waals surface area contributed by atoms with E-state index in [2.05, 4.69) is 0 Å². The van der Waals surface area contributed by atoms with Crippen LogP contribution in [-0.2, 0) is 10.0 Å². The quantitative estimate of drug-likeness (QED) is 0.701. The molecule has 0 saturated heterocycles. The molecule has 1 N–H and O–H groups in total. The summed E-state index contributed by atoms with van der Waals surface area (Å²) >= 11 is 1.92. The predicted molar refractivity (Wildman–Crippen MR) is 85.5 cm³/mol. The SMILES string of the molecule is CCCN(CCC)S(=O)(=O)c1cc(I)cc(C(=O)O)c1. The smallest absolute Gasteiger partial charge is 0.335 e. The van der Waals surface area contributed by atoms with Crippen molar-refractivity contribution in [2.45, 2.75) is 31.6 Å². The van der Waals surface area contributed by atoms with E-state index in [9.17, 15) is 13.2 Å². The van der Waals surface area contributed by atoms with Crippen LogP contribution in [0.25, 0.3) is 0 Å². The number of carboxylic acids is 1. The molecular formula is C13H18INO4S. The van der Waals surface area contributed by atoms with Crippen LogP contribution < -0.4 is 0 Å². The van der Waals surface area contributed by atoms with Gasteiger partial charge < -0.3 is 5.11 Å². The van der Waals surface area contributed by atoms with Crippen molar-refractivity contribution in [3.05, 3.63) is 27.3 Å². The summed E-state index contributed by atoms with van der Waals surface area (Å²) in [6.45, 7) is 4.69. The molecule has 0 bridgehead atoms. The number of sulfonamides is 1. The van der Waals surface area contributed by atoms with E-state index in [4.69, 9.17) is 5.11 Å². The van der Waals surface area contributed by atoms with E-state index in [-0.39, 0.29) is 10.5 Å². The van der Waals surface area contributed by atoms with Crippen LogP contribution in [0, 0.1) is 3.57 Å². The number of carbonyl (C=O) groups is 1. The normalized spacial score (nSPS) is 11.8. The molecule has 0 radical (unpaired) electrons. The maximum absolute atomic E-state index is 12.6. The van der Waals surface area contributed by atoms with Gasteiger partial charge in [0.05, 0.1) is 10.5 Å². The van der Waals surface area contributed by atoms with Crippen LogP contribution in [0.3, 0.4) is 0 Å². The minimum absolute atomic E-state index is 0.0107. The fraction of sp³-hybridized carbons (Fsp3) is 0.462. The Morgan fingerprint density at radius 3 is 2.20 bits per heavy atom. The van der Waals surface area contributed by atoms with Crippen LogP contribution >= 0.6 is 22.6 Å². The first kappa shape index (κ1) is 17.4. The van der Waals surface area contributed by atoms with Gasteiger partial charge in [0.15, 0.2) is 0 Å². The maximum atomic E-state index is 12.6. The van der Waals surface area contributed by atoms with Crippen molar-refractivity contribution in [3.63, 3.8) is 0 Å². The lowest BCUT2D eigenvalue weighted by molar-refractivity contribution is 0.0696. The van der Waals surface area contributed by atoms with Gasteiger partial charge in [0, 0.05) is 16.7 Å². The van der Waals surface area contributed by atoms with Crippen molar-refractivity contribution < 1.29 is 18.3 Å². The van der Waals surface area contributed by atoms with Crippen LogP contribution in [0.2, 0.25) is 0 Å². The molecule has 0 saturated carbocycles. The van der Waals surface area contributed by atoms with Crippen molar-refractivity contribution >= 4 is 38.6 Å². The van der Waals surface area contributed by atoms with E-state index >= 15 is 0 Å². The van der Waals surface area contributed by atoms with E-state index in [1.807, 2.05) is 36.4 Å². The number of halogens is 1. The van der Waals surface area contributed by atoms with E-state index in [0.717, 1.165) is 12.8 Å². The highest BCUT2D eigenvalue weighted by molar-refractivity contribution is 14.1. The second-order valence-electron chi connectivity index (χ2n) is 4.38. The number of hydrogen-bond donors (Lipinski definition) is 1. The zero-order chi connectivity index (χ0) is 15.3. The lowest BCUT2D eigenvalue weighted by Crippen LogP contribution is -2.32. The molecule has 0 spiro atoms. The Balaban J connectivity index is 3.29. The monoisotopic (exact) mass is 411 g/mol. The number of hydrogen-bond acceptors (Lipinski definition) is 3. The molecular weight excluding hydrogens is 393 g/mol. The molecule has 0 unspecified atom stereocenters. The number of rotatable bonds is 7. The van der Waals surface area contributed by atoms with Crippen molar-refractivity contribution in [3.8, 4) is 0 Å². The van der Waals surface area contributed by atoms with Gasteiger partial charge in [-0.3, -0.25) is 0 Å². The third kappa shape index (κ3) is 4.16. The van der Waals surface area contributed by atoms with E-state index in [0.29, 0.717) is 16.7 Å². The zero-order valence-electron chi connectivity index (χ0n) is 11.5. The Morgan fingerprint density at radius 2 is 1.75 bits per heavy atom. The summed E-state index contributed by atoms with van der Waals surface area (Å²) < 4.78 is 27.1. The van der Waals surface area contributed by atoms with Gasteiger partial charge in [-0.1, -0.05) is 13.8 Å². The first-order valence-corrected chi connectivity index (χ1v) is 8.88. The molecule has 112 valence electrons. The summed E-state index contributed by atoms with van der Waals surface area (Å²) in [4.78, 5) is 11.1. The molecule has 1 rings (SSSR count). The Hall–Kier alpha value is -0.670. The highest BCUT2D eigenvalue weighted by Gasteiger charge is 2.24. The summed E-state index contributed by atoms with van der Waals surface area (Å²) in [5.74, 6) is -1.13. The van der Waals surface area contributed by atoms with Crippen LogP contribution in [0.4, 0.5) is 0 Å². The molecule has 0 aromatic heterocycles. The molecule has 0 atom stereocenters. The lowest BCUT2D eigenvalue weighted by atomic mass is 10.2. The maximum Gasteiger partial charge on any atom is 0.335 e. The van der Waals surface area contributed by atoms with Gasteiger partial charge >= 0.3 is 5.97 Å². The Morgan fingerprint density at radius 1 is 1.20 bits per heavy atom. The summed E-state index contributed by atoms with van der Waals surface area (Å²) in [7, 11) is -3.64. The van der Waals surface area contributed by atoms with Crippen LogP contribution in [0.15, 0.2) is 23.1 Å². The average Bonchev–Trinajstić information content (AvgIpc) is 2.37. The van der Waals surface area contributed by atoms with Gasteiger partial charge in [0.2, 0.25) is 10.0 Å². The number of carboxylic acid groups (broad SMARTS) is 1. The molecule has 0 aliphatic heterocycles. The van der Waals surface area contributed by atoms with E-state index in [1.54, 1.807) is 0 Å². The van der Waals surface area contributed by atoms with E-state index in [1.165, 1.54) is 22.5 Å². The van der Waals surface area contributed by atoms with Crippen molar-refractivity contribution in [2.24, 2.45) is 0 Å². The van der Waals surface area contributed by atoms with Gasteiger partial charge in [0.1, 0.15) is 0 Å². The van der Waals surface area contributed by atoms with Crippen molar-refractivity contribution in [1.82, 2.24) is 4.31 Å². The number of nitrogens with zero attached hydrogens (tertiary/aromatic N) is 1. The molecule has 20 heavy (non-hydrogen) atoms. The fourth-order valence-electron chi connectivity index (χ4n) is 1.84. The summed E-state index contributed by atoms with van der Waals surface area (Å²) in [5, 5.41) is 9.03. The third-order valence-electron chi connectivity index (χ3n) is 2.70. The predicted octanol–water partition coefficient (Wildman–Crippen LogP) is 2.80. The van der Waals surface area contributed by atoms with Gasteiger partial charge in [-0.15, -0.1) is 0 Å². The first-order chi connectivity index (χ1) is 9.32. The van der Waals surface area contributed by atoms with Gasteiger partial charge in [-0.05, 0) is 53.6 Å². The Labute approximate surface area is 133 Å². The molecule has 0 aliphatic carbocycles.